The minimum Gasteiger partial charge on any atom is -0.460 e. The number of hydrogen-bond acceptors (Lipinski definition) is 8. The minimum atomic E-state index is -1.22. The maximum atomic E-state index is 14.7. The number of aliphatic hydroxyl groups is 1. The summed E-state index contributed by atoms with van der Waals surface area (Å²) >= 11 is 0. The Morgan fingerprint density at radius 1 is 1.14 bits per heavy atom. The van der Waals surface area contributed by atoms with Crippen LogP contribution in [0.25, 0.3) is 0 Å². The molecule has 0 aromatic rings. The van der Waals surface area contributed by atoms with Crippen LogP contribution < -0.4 is 0 Å². The molecule has 1 spiro atoms. The quantitative estimate of drug-likeness (QED) is 0.217. The van der Waals surface area contributed by atoms with E-state index in [1.54, 1.807) is 26.0 Å². The number of carbonyl (C=O) groups is 4. The molecule has 2 bridgehead atoms. The van der Waals surface area contributed by atoms with Crippen LogP contribution in [0.5, 0.6) is 0 Å². The van der Waals surface area contributed by atoms with Gasteiger partial charge in [-0.05, 0) is 60.0 Å². The third-order valence-electron chi connectivity index (χ3n) is 12.7. The smallest absolute Gasteiger partial charge is 0.334 e. The topological polar surface area (TPSA) is 116 Å². The molecule has 0 radical (unpaired) electrons. The van der Waals surface area contributed by atoms with E-state index in [0.29, 0.717) is 29.6 Å². The molecule has 2 heterocycles. The van der Waals surface area contributed by atoms with Crippen molar-refractivity contribution in [2.24, 2.45) is 39.9 Å². The number of ether oxygens (including phenoxy) is 3. The lowest BCUT2D eigenvalue weighted by Gasteiger charge is -2.46. The lowest BCUT2D eigenvalue weighted by atomic mass is 9.54. The first-order valence-electron chi connectivity index (χ1n) is 15.4. The molecule has 8 heteroatoms. The highest BCUT2D eigenvalue weighted by molar-refractivity contribution is 6.09. The van der Waals surface area contributed by atoms with E-state index in [1.807, 2.05) is 39.8 Å². The first kappa shape index (κ1) is 28.5. The van der Waals surface area contributed by atoms with Gasteiger partial charge in [-0.1, -0.05) is 42.9 Å². The zero-order valence-corrected chi connectivity index (χ0v) is 25.7. The SMILES string of the molecule is C=C1C(=O)OC2C1CCC(C)(O)C13C=CC(C)(C21)C1(C3)C(=O)OC2C3C(C)=CC(=O)C3=C(C)CC(OC(=O)C(C)=CC)C21. The van der Waals surface area contributed by atoms with Crippen LogP contribution in [0.3, 0.4) is 0 Å². The van der Waals surface area contributed by atoms with Gasteiger partial charge in [-0.2, -0.15) is 0 Å². The van der Waals surface area contributed by atoms with E-state index in [0.717, 1.165) is 11.1 Å². The largest absolute Gasteiger partial charge is 0.460 e. The molecular weight excluding hydrogens is 548 g/mol. The summed E-state index contributed by atoms with van der Waals surface area (Å²) in [6.07, 6.45) is 6.82. The number of hydrogen-bond donors (Lipinski definition) is 1. The number of allylic oxidation sites excluding steroid dienone is 3. The lowest BCUT2D eigenvalue weighted by Crippen LogP contribution is -2.53. The van der Waals surface area contributed by atoms with Crippen molar-refractivity contribution in [1.29, 1.82) is 0 Å². The van der Waals surface area contributed by atoms with Crippen LogP contribution in [0.1, 0.15) is 67.2 Å². The predicted molar refractivity (Wildman–Crippen MR) is 155 cm³/mol. The molecule has 7 rings (SSSR count). The van der Waals surface area contributed by atoms with Gasteiger partial charge in [0.1, 0.15) is 18.3 Å². The van der Waals surface area contributed by atoms with Gasteiger partial charge in [0.2, 0.25) is 0 Å². The molecule has 43 heavy (non-hydrogen) atoms. The fraction of sp³-hybridized carbons (Fsp3) is 0.600. The highest BCUT2D eigenvalue weighted by Gasteiger charge is 2.84. The fourth-order valence-electron chi connectivity index (χ4n) is 10.5. The summed E-state index contributed by atoms with van der Waals surface area (Å²) in [6, 6.07) is 0. The summed E-state index contributed by atoms with van der Waals surface area (Å²) in [4.78, 5) is 54.2. The zero-order chi connectivity index (χ0) is 31.0. The van der Waals surface area contributed by atoms with Crippen molar-refractivity contribution < 1.29 is 38.5 Å². The van der Waals surface area contributed by atoms with E-state index >= 15 is 0 Å². The summed E-state index contributed by atoms with van der Waals surface area (Å²) in [5, 5.41) is 12.3. The number of ketones is 1. The van der Waals surface area contributed by atoms with E-state index in [2.05, 4.69) is 6.58 Å². The van der Waals surface area contributed by atoms with Crippen LogP contribution in [0, 0.1) is 39.9 Å². The zero-order valence-electron chi connectivity index (χ0n) is 25.7. The van der Waals surface area contributed by atoms with Crippen LogP contribution in [-0.4, -0.2) is 52.7 Å². The molecule has 11 atom stereocenters. The molecule has 8 nitrogen and oxygen atoms in total. The molecule has 11 unspecified atom stereocenters. The maximum Gasteiger partial charge on any atom is 0.334 e. The van der Waals surface area contributed by atoms with Crippen molar-refractivity contribution in [2.75, 3.05) is 0 Å². The van der Waals surface area contributed by atoms with Gasteiger partial charge in [0.25, 0.3) is 0 Å². The van der Waals surface area contributed by atoms with Crippen molar-refractivity contribution in [3.05, 3.63) is 58.7 Å². The standard InChI is InChI=1S/C35H40O8/c1-8-16(2)29(37)41-22-14-18(4)23-21(36)13-17(3)24(23)27-25(22)35(31(39)43-27)15-34-12-11-32(35,6)28(34)26-20(9-10-33(34,7)40)19(5)30(38)42-26/h8,11-13,20,22,24-28,40H,5,9-10,14-15H2,1-4,6-7H3. The van der Waals surface area contributed by atoms with Gasteiger partial charge in [-0.25, -0.2) is 9.59 Å². The summed E-state index contributed by atoms with van der Waals surface area (Å²) in [7, 11) is 0. The van der Waals surface area contributed by atoms with Crippen LogP contribution in [0.4, 0.5) is 0 Å². The number of carbonyl (C=O) groups excluding carboxylic acids is 4. The van der Waals surface area contributed by atoms with Gasteiger partial charge in [-0.15, -0.1) is 0 Å². The van der Waals surface area contributed by atoms with Crippen LogP contribution in [0.2, 0.25) is 0 Å². The highest BCUT2D eigenvalue weighted by atomic mass is 16.6. The second-order valence-electron chi connectivity index (χ2n) is 14.5. The predicted octanol–water partition coefficient (Wildman–Crippen LogP) is 4.48. The lowest BCUT2D eigenvalue weighted by molar-refractivity contribution is -0.159. The molecule has 228 valence electrons. The molecule has 1 N–H and O–H groups in total. The third-order valence-corrected chi connectivity index (χ3v) is 12.7. The Kier molecular flexibility index (Phi) is 5.75. The second-order valence-corrected chi connectivity index (χ2v) is 14.5. The monoisotopic (exact) mass is 588 g/mol. The Morgan fingerprint density at radius 2 is 1.86 bits per heavy atom. The van der Waals surface area contributed by atoms with Gasteiger partial charge < -0.3 is 19.3 Å². The average molecular weight is 589 g/mol. The number of rotatable bonds is 2. The van der Waals surface area contributed by atoms with Crippen LogP contribution in [-0.2, 0) is 33.4 Å². The highest BCUT2D eigenvalue weighted by Crippen LogP contribution is 2.80. The molecule has 0 amide bonds. The van der Waals surface area contributed by atoms with E-state index in [9.17, 15) is 24.3 Å². The minimum absolute atomic E-state index is 0.0997. The van der Waals surface area contributed by atoms with Gasteiger partial charge in [0, 0.05) is 51.7 Å². The second kappa shape index (κ2) is 8.68. The molecule has 0 aromatic carbocycles. The summed E-state index contributed by atoms with van der Waals surface area (Å²) < 4.78 is 18.8. The Labute approximate surface area is 251 Å². The summed E-state index contributed by atoms with van der Waals surface area (Å²) in [5.74, 6) is -3.18. The molecule has 2 saturated carbocycles. The number of fused-ring (bicyclic) bond motifs is 6. The first-order chi connectivity index (χ1) is 20.1. The molecule has 2 saturated heterocycles. The average Bonchev–Trinajstić information content (AvgIpc) is 3.62. The van der Waals surface area contributed by atoms with Gasteiger partial charge >= 0.3 is 17.9 Å². The molecule has 2 aliphatic heterocycles. The molecule has 4 fully saturated rings. The Bertz CT molecular complexity index is 1540. The van der Waals surface area contributed by atoms with Gasteiger partial charge in [0.05, 0.1) is 16.9 Å². The van der Waals surface area contributed by atoms with Gasteiger partial charge in [0.15, 0.2) is 5.78 Å². The van der Waals surface area contributed by atoms with E-state index in [-0.39, 0.29) is 24.5 Å². The Morgan fingerprint density at radius 3 is 2.56 bits per heavy atom. The molecule has 7 aliphatic rings. The summed E-state index contributed by atoms with van der Waals surface area (Å²) in [5.41, 5.74) is -1.13. The van der Waals surface area contributed by atoms with Crippen LogP contribution >= 0.6 is 0 Å². The number of esters is 3. The Hall–Kier alpha value is -3.26. The van der Waals surface area contributed by atoms with E-state index in [4.69, 9.17) is 14.2 Å². The van der Waals surface area contributed by atoms with Crippen molar-refractivity contribution in [3.63, 3.8) is 0 Å². The normalized spacial score (nSPS) is 47.9. The first-order valence-corrected chi connectivity index (χ1v) is 15.4. The third kappa shape index (κ3) is 3.20. The molecular formula is C35H40O8. The summed E-state index contributed by atoms with van der Waals surface area (Å²) in [6.45, 7) is 15.1. The van der Waals surface area contributed by atoms with Crippen molar-refractivity contribution in [2.45, 2.75) is 91.1 Å². The molecule has 5 aliphatic carbocycles. The molecule has 0 aromatic heterocycles. The Balaban J connectivity index is 1.44. The van der Waals surface area contributed by atoms with Gasteiger partial charge in [-0.3, -0.25) is 9.59 Å². The van der Waals surface area contributed by atoms with Crippen molar-refractivity contribution in [3.8, 4) is 0 Å². The van der Waals surface area contributed by atoms with Crippen LogP contribution in [0.15, 0.2) is 58.7 Å². The fourth-order valence-corrected chi connectivity index (χ4v) is 10.5. The maximum absolute atomic E-state index is 14.7. The van der Waals surface area contributed by atoms with E-state index in [1.165, 1.54) is 0 Å². The van der Waals surface area contributed by atoms with Crippen molar-refractivity contribution >= 4 is 23.7 Å². The van der Waals surface area contributed by atoms with E-state index < -0.39 is 75.8 Å². The van der Waals surface area contributed by atoms with Crippen molar-refractivity contribution in [1.82, 2.24) is 0 Å².